The van der Waals surface area contributed by atoms with E-state index in [1.165, 1.54) is 38.6 Å². The Morgan fingerprint density at radius 3 is 2.06 bits per heavy atom. The zero-order valence-electron chi connectivity index (χ0n) is 11.2. The number of hydrogen-bond acceptors (Lipinski definition) is 2. The average molecular weight is 224 g/mol. The van der Waals surface area contributed by atoms with Crippen LogP contribution in [0.1, 0.15) is 52.9 Å². The zero-order chi connectivity index (χ0) is 11.8. The average Bonchev–Trinajstić information content (AvgIpc) is 2.64. The lowest BCUT2D eigenvalue weighted by Crippen LogP contribution is -2.39. The lowest BCUT2D eigenvalue weighted by Gasteiger charge is -2.40. The van der Waals surface area contributed by atoms with Gasteiger partial charge < -0.3 is 5.73 Å². The van der Waals surface area contributed by atoms with Gasteiger partial charge in [0.2, 0.25) is 0 Å². The van der Waals surface area contributed by atoms with Gasteiger partial charge in [0.15, 0.2) is 0 Å². The Morgan fingerprint density at radius 1 is 1.00 bits per heavy atom. The summed E-state index contributed by atoms with van der Waals surface area (Å²) in [6.45, 7) is 9.56. The third-order valence-electron chi connectivity index (χ3n) is 4.69. The van der Waals surface area contributed by atoms with Crippen LogP contribution >= 0.6 is 0 Å². The van der Waals surface area contributed by atoms with Crippen molar-refractivity contribution in [1.29, 1.82) is 0 Å². The van der Waals surface area contributed by atoms with Gasteiger partial charge in [-0.2, -0.15) is 0 Å². The van der Waals surface area contributed by atoms with Gasteiger partial charge in [-0.1, -0.05) is 20.8 Å². The van der Waals surface area contributed by atoms with Crippen LogP contribution in [0.2, 0.25) is 0 Å². The molecule has 94 valence electrons. The maximum Gasteiger partial charge on any atom is 0.0180 e. The van der Waals surface area contributed by atoms with Crippen LogP contribution in [-0.4, -0.2) is 30.1 Å². The molecule has 2 rings (SSSR count). The number of hydrogen-bond donors (Lipinski definition) is 1. The van der Waals surface area contributed by atoms with Crippen LogP contribution in [-0.2, 0) is 0 Å². The molecule has 2 nitrogen and oxygen atoms in total. The zero-order valence-corrected chi connectivity index (χ0v) is 11.2. The van der Waals surface area contributed by atoms with E-state index in [4.69, 9.17) is 5.73 Å². The van der Waals surface area contributed by atoms with Gasteiger partial charge in [0.25, 0.3) is 0 Å². The molecule has 0 unspecified atom stereocenters. The minimum atomic E-state index is 0.445. The molecule has 2 fully saturated rings. The van der Waals surface area contributed by atoms with Crippen LogP contribution in [0.15, 0.2) is 0 Å². The Balaban J connectivity index is 1.81. The molecule has 0 aromatic heterocycles. The molecule has 0 aromatic carbocycles. The highest BCUT2D eigenvalue weighted by atomic mass is 15.2. The molecule has 0 spiro atoms. The monoisotopic (exact) mass is 224 g/mol. The van der Waals surface area contributed by atoms with Gasteiger partial charge in [-0.25, -0.2) is 0 Å². The van der Waals surface area contributed by atoms with E-state index in [0.717, 1.165) is 18.5 Å². The standard InChI is InChI=1S/C14H28N2/c1-14(2,3)11-4-6-13(7-5-11)16-9-8-12(15)10-16/h11-13H,4-10,15H2,1-3H3/t11?,12-,13?/m0/s1. The van der Waals surface area contributed by atoms with E-state index in [2.05, 4.69) is 25.7 Å². The van der Waals surface area contributed by atoms with Gasteiger partial charge in [-0.05, 0) is 43.4 Å². The van der Waals surface area contributed by atoms with Crippen molar-refractivity contribution < 1.29 is 0 Å². The maximum absolute atomic E-state index is 5.99. The van der Waals surface area contributed by atoms with E-state index in [1.54, 1.807) is 0 Å². The van der Waals surface area contributed by atoms with E-state index in [1.807, 2.05) is 0 Å². The molecule has 0 radical (unpaired) electrons. The van der Waals surface area contributed by atoms with E-state index < -0.39 is 0 Å². The largest absolute Gasteiger partial charge is 0.326 e. The van der Waals surface area contributed by atoms with Crippen molar-refractivity contribution in [2.75, 3.05) is 13.1 Å². The Bertz CT molecular complexity index is 223. The van der Waals surface area contributed by atoms with Crippen molar-refractivity contribution in [2.45, 2.75) is 65.0 Å². The summed E-state index contributed by atoms with van der Waals surface area (Å²) in [7, 11) is 0. The predicted octanol–water partition coefficient (Wildman–Crippen LogP) is 2.62. The summed E-state index contributed by atoms with van der Waals surface area (Å²) in [5.41, 5.74) is 6.49. The topological polar surface area (TPSA) is 29.3 Å². The Labute approximate surface area is 101 Å². The molecule has 1 saturated heterocycles. The van der Waals surface area contributed by atoms with Crippen LogP contribution in [0.3, 0.4) is 0 Å². The molecule has 1 heterocycles. The summed E-state index contributed by atoms with van der Waals surface area (Å²) in [4.78, 5) is 2.64. The Hall–Kier alpha value is -0.0800. The van der Waals surface area contributed by atoms with Crippen LogP contribution in [0, 0.1) is 11.3 Å². The number of rotatable bonds is 1. The maximum atomic E-state index is 5.99. The van der Waals surface area contributed by atoms with Gasteiger partial charge in [-0.3, -0.25) is 4.90 Å². The summed E-state index contributed by atoms with van der Waals surface area (Å²) in [6, 6.07) is 1.28. The summed E-state index contributed by atoms with van der Waals surface area (Å²) in [6.07, 6.45) is 6.84. The molecule has 0 aromatic rings. The molecular weight excluding hydrogens is 196 g/mol. The highest BCUT2D eigenvalue weighted by Crippen LogP contribution is 2.39. The third-order valence-corrected chi connectivity index (χ3v) is 4.69. The molecule has 2 heteroatoms. The quantitative estimate of drug-likeness (QED) is 0.742. The molecule has 2 aliphatic rings. The van der Waals surface area contributed by atoms with Gasteiger partial charge in [0, 0.05) is 25.2 Å². The molecule has 0 bridgehead atoms. The highest BCUT2D eigenvalue weighted by Gasteiger charge is 2.33. The molecule has 1 saturated carbocycles. The van der Waals surface area contributed by atoms with E-state index in [-0.39, 0.29) is 0 Å². The molecule has 1 aliphatic heterocycles. The second-order valence-electron chi connectivity index (χ2n) is 6.92. The Morgan fingerprint density at radius 2 is 1.62 bits per heavy atom. The molecule has 16 heavy (non-hydrogen) atoms. The molecule has 2 N–H and O–H groups in total. The van der Waals surface area contributed by atoms with Crippen molar-refractivity contribution in [3.63, 3.8) is 0 Å². The lowest BCUT2D eigenvalue weighted by atomic mass is 9.71. The van der Waals surface area contributed by atoms with Crippen molar-refractivity contribution in [1.82, 2.24) is 4.90 Å². The van der Waals surface area contributed by atoms with Crippen LogP contribution in [0.5, 0.6) is 0 Å². The fraction of sp³-hybridized carbons (Fsp3) is 1.00. The second kappa shape index (κ2) is 4.66. The highest BCUT2D eigenvalue weighted by molar-refractivity contribution is 4.88. The second-order valence-corrected chi connectivity index (χ2v) is 6.92. The first-order valence-corrected chi connectivity index (χ1v) is 6.96. The normalized spacial score (nSPS) is 37.9. The molecule has 0 amide bonds. The third kappa shape index (κ3) is 2.78. The van der Waals surface area contributed by atoms with E-state index in [0.29, 0.717) is 11.5 Å². The summed E-state index contributed by atoms with van der Waals surface area (Å²) in [5, 5.41) is 0. The van der Waals surface area contributed by atoms with E-state index >= 15 is 0 Å². The number of likely N-dealkylation sites (tertiary alicyclic amines) is 1. The minimum absolute atomic E-state index is 0.445. The van der Waals surface area contributed by atoms with E-state index in [9.17, 15) is 0 Å². The van der Waals surface area contributed by atoms with Crippen molar-refractivity contribution in [3.05, 3.63) is 0 Å². The molecular formula is C14H28N2. The molecule has 1 atom stereocenters. The summed E-state index contributed by atoms with van der Waals surface area (Å²) >= 11 is 0. The number of nitrogens with zero attached hydrogens (tertiary/aromatic N) is 1. The van der Waals surface area contributed by atoms with Gasteiger partial charge >= 0.3 is 0 Å². The fourth-order valence-corrected chi connectivity index (χ4v) is 3.45. The smallest absolute Gasteiger partial charge is 0.0180 e. The number of nitrogens with two attached hydrogens (primary N) is 1. The first-order valence-electron chi connectivity index (χ1n) is 6.96. The molecule has 1 aliphatic carbocycles. The van der Waals surface area contributed by atoms with Crippen molar-refractivity contribution in [3.8, 4) is 0 Å². The van der Waals surface area contributed by atoms with Gasteiger partial charge in [-0.15, -0.1) is 0 Å². The van der Waals surface area contributed by atoms with Crippen molar-refractivity contribution in [2.24, 2.45) is 17.1 Å². The van der Waals surface area contributed by atoms with Crippen LogP contribution < -0.4 is 5.73 Å². The predicted molar refractivity (Wildman–Crippen MR) is 69.4 cm³/mol. The van der Waals surface area contributed by atoms with Crippen LogP contribution in [0.25, 0.3) is 0 Å². The first-order chi connectivity index (χ1) is 7.47. The SMILES string of the molecule is CC(C)(C)C1CCC(N2CC[C@H](N)C2)CC1. The first kappa shape index (κ1) is 12.4. The summed E-state index contributed by atoms with van der Waals surface area (Å²) < 4.78 is 0. The van der Waals surface area contributed by atoms with Crippen molar-refractivity contribution >= 4 is 0 Å². The lowest BCUT2D eigenvalue weighted by molar-refractivity contribution is 0.110. The van der Waals surface area contributed by atoms with Crippen LogP contribution in [0.4, 0.5) is 0 Å². The summed E-state index contributed by atoms with van der Waals surface area (Å²) in [5.74, 6) is 0.931. The minimum Gasteiger partial charge on any atom is -0.326 e. The Kier molecular flexibility index (Phi) is 3.60. The van der Waals surface area contributed by atoms with Gasteiger partial charge in [0.05, 0.1) is 0 Å². The fourth-order valence-electron chi connectivity index (χ4n) is 3.45. The van der Waals surface area contributed by atoms with Gasteiger partial charge in [0.1, 0.15) is 0 Å².